The van der Waals surface area contributed by atoms with Crippen molar-refractivity contribution in [1.29, 1.82) is 0 Å². The van der Waals surface area contributed by atoms with E-state index in [9.17, 15) is 0 Å². The lowest BCUT2D eigenvalue weighted by atomic mass is 9.95. The van der Waals surface area contributed by atoms with E-state index in [1.807, 2.05) is 18.2 Å². The van der Waals surface area contributed by atoms with Crippen LogP contribution in [0, 0.1) is 6.92 Å². The van der Waals surface area contributed by atoms with E-state index in [1.165, 1.54) is 5.56 Å². The Morgan fingerprint density at radius 1 is 1.17 bits per heavy atom. The third-order valence-corrected chi connectivity index (χ3v) is 5.00. The number of aryl methyl sites for hydroxylation is 1. The van der Waals surface area contributed by atoms with Crippen molar-refractivity contribution in [3.63, 3.8) is 0 Å². The highest BCUT2D eigenvalue weighted by Gasteiger charge is 2.33. The largest absolute Gasteiger partial charge is 0.383 e. The fourth-order valence-corrected chi connectivity index (χ4v) is 3.82. The van der Waals surface area contributed by atoms with Crippen LogP contribution in [-0.4, -0.2) is 32.8 Å². The Morgan fingerprint density at radius 3 is 2.58 bits per heavy atom. The molecule has 24 heavy (non-hydrogen) atoms. The molecule has 0 radical (unpaired) electrons. The van der Waals surface area contributed by atoms with Crippen LogP contribution in [0.3, 0.4) is 0 Å². The summed E-state index contributed by atoms with van der Waals surface area (Å²) in [6.45, 7) is 4.46. The maximum absolute atomic E-state index is 6.55. The Balaban J connectivity index is 2.02. The van der Waals surface area contributed by atoms with E-state index in [4.69, 9.17) is 27.9 Å². The highest BCUT2D eigenvalue weighted by Crippen LogP contribution is 2.36. The quantitative estimate of drug-likeness (QED) is 0.865. The Labute approximate surface area is 153 Å². The molecular formula is C19H22Cl2N2O. The minimum absolute atomic E-state index is 0.135. The van der Waals surface area contributed by atoms with Gasteiger partial charge in [-0.3, -0.25) is 0 Å². The summed E-state index contributed by atoms with van der Waals surface area (Å²) in [6.07, 6.45) is 0. The molecule has 2 atom stereocenters. The number of nitrogens with zero attached hydrogens (tertiary/aromatic N) is 1. The second-order valence-electron chi connectivity index (χ2n) is 6.16. The number of nitrogens with one attached hydrogen (secondary N) is 1. The zero-order valence-electron chi connectivity index (χ0n) is 13.9. The number of ether oxygens (including phenoxy) is 1. The van der Waals surface area contributed by atoms with Crippen molar-refractivity contribution in [1.82, 2.24) is 5.32 Å². The van der Waals surface area contributed by atoms with Gasteiger partial charge in [-0.1, -0.05) is 41.4 Å². The summed E-state index contributed by atoms with van der Waals surface area (Å²) in [5, 5.41) is 5.10. The molecule has 1 saturated heterocycles. The van der Waals surface area contributed by atoms with Gasteiger partial charge in [0.05, 0.1) is 29.4 Å². The third-order valence-electron chi connectivity index (χ3n) is 4.45. The molecule has 3 nitrogen and oxygen atoms in total. The molecular weight excluding hydrogens is 343 g/mol. The number of hydrogen-bond acceptors (Lipinski definition) is 3. The van der Waals surface area contributed by atoms with Gasteiger partial charge in [-0.2, -0.15) is 0 Å². The molecule has 0 aliphatic carbocycles. The average Bonchev–Trinajstić information content (AvgIpc) is 2.56. The van der Waals surface area contributed by atoms with E-state index in [1.54, 1.807) is 7.11 Å². The van der Waals surface area contributed by atoms with Crippen LogP contribution in [0.1, 0.15) is 17.2 Å². The molecule has 0 unspecified atom stereocenters. The van der Waals surface area contributed by atoms with Gasteiger partial charge < -0.3 is 15.0 Å². The fourth-order valence-electron chi connectivity index (χ4n) is 3.36. The van der Waals surface area contributed by atoms with Crippen LogP contribution in [0.15, 0.2) is 42.5 Å². The van der Waals surface area contributed by atoms with Gasteiger partial charge in [0.2, 0.25) is 0 Å². The van der Waals surface area contributed by atoms with E-state index < -0.39 is 0 Å². The molecule has 0 bridgehead atoms. The summed E-state index contributed by atoms with van der Waals surface area (Å²) < 4.78 is 5.44. The van der Waals surface area contributed by atoms with Gasteiger partial charge in [0.1, 0.15) is 0 Å². The molecule has 1 N–H and O–H groups in total. The Morgan fingerprint density at radius 2 is 1.92 bits per heavy atom. The third kappa shape index (κ3) is 3.70. The average molecular weight is 365 g/mol. The summed E-state index contributed by atoms with van der Waals surface area (Å²) >= 11 is 12.6. The van der Waals surface area contributed by atoms with E-state index in [0.717, 1.165) is 34.4 Å². The monoisotopic (exact) mass is 364 g/mol. The van der Waals surface area contributed by atoms with Gasteiger partial charge in [-0.15, -0.1) is 0 Å². The summed E-state index contributed by atoms with van der Waals surface area (Å²) in [5.41, 5.74) is 3.42. The molecule has 2 aromatic rings. The van der Waals surface area contributed by atoms with Crippen LogP contribution < -0.4 is 10.2 Å². The molecule has 128 valence electrons. The highest BCUT2D eigenvalue weighted by atomic mass is 35.5. The van der Waals surface area contributed by atoms with E-state index >= 15 is 0 Å². The zero-order chi connectivity index (χ0) is 17.1. The number of methoxy groups -OCH3 is 1. The molecule has 0 amide bonds. The Kier molecular flexibility index (Phi) is 5.67. The van der Waals surface area contributed by atoms with E-state index in [-0.39, 0.29) is 12.1 Å². The van der Waals surface area contributed by atoms with E-state index in [2.05, 4.69) is 41.4 Å². The fraction of sp³-hybridized carbons (Fsp3) is 0.368. The predicted molar refractivity (Wildman–Crippen MR) is 101 cm³/mol. The minimum atomic E-state index is 0.135. The number of anilines is 1. The van der Waals surface area contributed by atoms with Crippen LogP contribution in [0.25, 0.3) is 0 Å². The normalized spacial score (nSPS) is 21.1. The second-order valence-corrected chi connectivity index (χ2v) is 7.00. The van der Waals surface area contributed by atoms with Gasteiger partial charge in [0.25, 0.3) is 0 Å². The number of benzene rings is 2. The van der Waals surface area contributed by atoms with Gasteiger partial charge in [0, 0.05) is 25.2 Å². The van der Waals surface area contributed by atoms with E-state index in [0.29, 0.717) is 6.61 Å². The molecule has 1 heterocycles. The zero-order valence-corrected chi connectivity index (χ0v) is 15.4. The first-order chi connectivity index (χ1) is 11.6. The number of piperazine rings is 1. The highest BCUT2D eigenvalue weighted by molar-refractivity contribution is 6.33. The summed E-state index contributed by atoms with van der Waals surface area (Å²) in [5.74, 6) is 0. The summed E-state index contributed by atoms with van der Waals surface area (Å²) in [6, 6.07) is 14.6. The van der Waals surface area contributed by atoms with Crippen molar-refractivity contribution in [3.8, 4) is 0 Å². The molecule has 1 aliphatic rings. The lowest BCUT2D eigenvalue weighted by Gasteiger charge is -2.44. The molecule has 5 heteroatoms. The van der Waals surface area contributed by atoms with Crippen LogP contribution in [-0.2, 0) is 4.74 Å². The van der Waals surface area contributed by atoms with Crippen LogP contribution in [0.4, 0.5) is 5.69 Å². The number of rotatable bonds is 4. The van der Waals surface area contributed by atoms with Crippen molar-refractivity contribution < 1.29 is 4.74 Å². The lowest BCUT2D eigenvalue weighted by Crippen LogP contribution is -2.54. The first kappa shape index (κ1) is 17.6. The van der Waals surface area contributed by atoms with Crippen molar-refractivity contribution >= 4 is 28.9 Å². The van der Waals surface area contributed by atoms with Crippen LogP contribution >= 0.6 is 23.2 Å². The molecule has 3 rings (SSSR count). The maximum Gasteiger partial charge on any atom is 0.0719 e. The molecule has 1 fully saturated rings. The predicted octanol–water partition coefficient (Wildman–Crippen LogP) is 4.47. The smallest absolute Gasteiger partial charge is 0.0719 e. The first-order valence-corrected chi connectivity index (χ1v) is 8.86. The van der Waals surface area contributed by atoms with Crippen LogP contribution in [0.2, 0.25) is 10.0 Å². The topological polar surface area (TPSA) is 24.5 Å². The second kappa shape index (κ2) is 7.75. The molecule has 1 aliphatic heterocycles. The lowest BCUT2D eigenvalue weighted by molar-refractivity contribution is 0.146. The van der Waals surface area contributed by atoms with Crippen molar-refractivity contribution in [2.75, 3.05) is 31.7 Å². The Bertz CT molecular complexity index is 688. The van der Waals surface area contributed by atoms with Gasteiger partial charge >= 0.3 is 0 Å². The SMILES string of the molecule is COC[C@@H]1NCCN(c2ccc(C)cc2Cl)[C@H]1c1ccc(Cl)cc1. The summed E-state index contributed by atoms with van der Waals surface area (Å²) in [4.78, 5) is 2.37. The number of halogens is 2. The Hall–Kier alpha value is -1.26. The van der Waals surface area contributed by atoms with Crippen molar-refractivity contribution in [2.24, 2.45) is 0 Å². The van der Waals surface area contributed by atoms with Gasteiger partial charge in [-0.25, -0.2) is 0 Å². The van der Waals surface area contributed by atoms with Crippen molar-refractivity contribution in [2.45, 2.75) is 19.0 Å². The summed E-state index contributed by atoms with van der Waals surface area (Å²) in [7, 11) is 1.73. The molecule has 0 aromatic heterocycles. The van der Waals surface area contributed by atoms with Gasteiger partial charge in [-0.05, 0) is 42.3 Å². The first-order valence-electron chi connectivity index (χ1n) is 8.10. The molecule has 0 spiro atoms. The molecule has 2 aromatic carbocycles. The number of hydrogen-bond donors (Lipinski definition) is 1. The standard InChI is InChI=1S/C19H22Cl2N2O/c1-13-3-8-18(16(21)11-13)23-10-9-22-17(12-24-2)19(23)14-4-6-15(20)7-5-14/h3-8,11,17,19,22H,9-10,12H2,1-2H3/t17-,19-/m0/s1. The minimum Gasteiger partial charge on any atom is -0.383 e. The maximum atomic E-state index is 6.55. The van der Waals surface area contributed by atoms with Crippen molar-refractivity contribution in [3.05, 3.63) is 63.6 Å². The van der Waals surface area contributed by atoms with Gasteiger partial charge in [0.15, 0.2) is 0 Å². The molecule has 0 saturated carbocycles. The van der Waals surface area contributed by atoms with Crippen LogP contribution in [0.5, 0.6) is 0 Å².